The van der Waals surface area contributed by atoms with Gasteiger partial charge in [0.1, 0.15) is 11.5 Å². The fourth-order valence-corrected chi connectivity index (χ4v) is 1.87. The number of carbonyl (C=O) groups is 1. The third-order valence-corrected chi connectivity index (χ3v) is 2.92. The van der Waals surface area contributed by atoms with Gasteiger partial charge in [-0.25, -0.2) is 5.01 Å². The van der Waals surface area contributed by atoms with E-state index in [9.17, 15) is 4.79 Å². The van der Waals surface area contributed by atoms with Gasteiger partial charge < -0.3 is 14.2 Å². The molecule has 1 heterocycles. The largest absolute Gasteiger partial charge is 0.497 e. The topological polar surface area (TPSA) is 60.0 Å². The van der Waals surface area contributed by atoms with Crippen LogP contribution in [0.25, 0.3) is 0 Å². The Morgan fingerprint density at radius 3 is 2.63 bits per heavy atom. The molecule has 6 heteroatoms. The van der Waals surface area contributed by atoms with E-state index < -0.39 is 0 Å². The van der Waals surface area contributed by atoms with Crippen molar-refractivity contribution >= 4 is 5.91 Å². The molecule has 1 aromatic carbocycles. The first-order valence-corrected chi connectivity index (χ1v) is 6.10. The van der Waals surface area contributed by atoms with Crippen LogP contribution in [0, 0.1) is 0 Å². The molecular weight excluding hydrogens is 248 g/mol. The summed E-state index contributed by atoms with van der Waals surface area (Å²) in [4.78, 5) is 12.2. The number of carbonyl (C=O) groups excluding carboxylic acids is 1. The van der Waals surface area contributed by atoms with E-state index in [1.807, 2.05) is 5.01 Å². The maximum absolute atomic E-state index is 12.2. The van der Waals surface area contributed by atoms with Gasteiger partial charge in [-0.2, -0.15) is 0 Å². The van der Waals surface area contributed by atoms with Crippen molar-refractivity contribution in [1.29, 1.82) is 0 Å². The summed E-state index contributed by atoms with van der Waals surface area (Å²) < 4.78 is 15.5. The lowest BCUT2D eigenvalue weighted by Crippen LogP contribution is -2.48. The van der Waals surface area contributed by atoms with E-state index >= 15 is 0 Å². The highest BCUT2D eigenvalue weighted by Gasteiger charge is 2.17. The quantitative estimate of drug-likeness (QED) is 0.868. The van der Waals surface area contributed by atoms with Crippen LogP contribution >= 0.6 is 0 Å². The first-order valence-electron chi connectivity index (χ1n) is 6.10. The van der Waals surface area contributed by atoms with Gasteiger partial charge in [0.15, 0.2) is 0 Å². The van der Waals surface area contributed by atoms with Gasteiger partial charge in [0.25, 0.3) is 5.91 Å². The molecule has 1 aliphatic rings. The van der Waals surface area contributed by atoms with Crippen molar-refractivity contribution in [3.8, 4) is 11.5 Å². The van der Waals surface area contributed by atoms with Crippen molar-refractivity contribution in [2.75, 3.05) is 40.5 Å². The molecule has 1 fully saturated rings. The van der Waals surface area contributed by atoms with E-state index in [0.717, 1.165) is 0 Å². The first-order chi connectivity index (χ1) is 9.24. The van der Waals surface area contributed by atoms with Crippen LogP contribution in [0.4, 0.5) is 0 Å². The van der Waals surface area contributed by atoms with Crippen molar-refractivity contribution in [2.24, 2.45) is 0 Å². The van der Waals surface area contributed by atoms with Crippen LogP contribution in [0.15, 0.2) is 18.2 Å². The zero-order chi connectivity index (χ0) is 13.7. The van der Waals surface area contributed by atoms with Gasteiger partial charge in [0.05, 0.1) is 33.0 Å². The Bertz CT molecular complexity index is 444. The summed E-state index contributed by atoms with van der Waals surface area (Å²) >= 11 is 0. The normalized spacial score (nSPS) is 15.9. The molecular formula is C13H18N2O4. The molecule has 0 radical (unpaired) electrons. The summed E-state index contributed by atoms with van der Waals surface area (Å²) in [5.41, 5.74) is 3.32. The molecule has 0 atom stereocenters. The lowest BCUT2D eigenvalue weighted by atomic mass is 10.2. The molecule has 0 aromatic heterocycles. The number of nitrogens with zero attached hydrogens (tertiary/aromatic N) is 1. The second kappa shape index (κ2) is 6.40. The van der Waals surface area contributed by atoms with Crippen LogP contribution in [0.3, 0.4) is 0 Å². The van der Waals surface area contributed by atoms with Crippen molar-refractivity contribution in [2.45, 2.75) is 0 Å². The van der Waals surface area contributed by atoms with Crippen LogP contribution in [0.5, 0.6) is 11.5 Å². The third-order valence-electron chi connectivity index (χ3n) is 2.92. The predicted octanol–water partition coefficient (Wildman–Crippen LogP) is 0.681. The Hall–Kier alpha value is -1.79. The van der Waals surface area contributed by atoms with E-state index in [2.05, 4.69) is 5.43 Å². The Morgan fingerprint density at radius 2 is 2.00 bits per heavy atom. The van der Waals surface area contributed by atoms with E-state index in [-0.39, 0.29) is 5.91 Å². The van der Waals surface area contributed by atoms with E-state index in [4.69, 9.17) is 14.2 Å². The molecule has 19 heavy (non-hydrogen) atoms. The molecule has 1 aliphatic heterocycles. The number of hydrazine groups is 1. The van der Waals surface area contributed by atoms with Gasteiger partial charge in [-0.05, 0) is 12.1 Å². The summed E-state index contributed by atoms with van der Waals surface area (Å²) in [7, 11) is 3.10. The highest BCUT2D eigenvalue weighted by Crippen LogP contribution is 2.24. The minimum Gasteiger partial charge on any atom is -0.497 e. The number of hydrogen-bond acceptors (Lipinski definition) is 5. The third kappa shape index (κ3) is 3.36. The second-order valence-corrected chi connectivity index (χ2v) is 4.11. The fraction of sp³-hybridized carbons (Fsp3) is 0.462. The highest BCUT2D eigenvalue weighted by atomic mass is 16.5. The smallest absolute Gasteiger partial charge is 0.269 e. The predicted molar refractivity (Wildman–Crippen MR) is 69.4 cm³/mol. The lowest BCUT2D eigenvalue weighted by molar-refractivity contribution is 0.0125. The van der Waals surface area contributed by atoms with Crippen LogP contribution < -0.4 is 14.9 Å². The average Bonchev–Trinajstić information content (AvgIpc) is 2.47. The zero-order valence-electron chi connectivity index (χ0n) is 11.1. The van der Waals surface area contributed by atoms with Crippen LogP contribution in [0.1, 0.15) is 10.4 Å². The summed E-state index contributed by atoms with van der Waals surface area (Å²) in [6.07, 6.45) is 0. The van der Waals surface area contributed by atoms with Gasteiger partial charge in [0.2, 0.25) is 0 Å². The van der Waals surface area contributed by atoms with Crippen molar-refractivity contribution in [3.05, 3.63) is 23.8 Å². The standard InChI is InChI=1S/C13H18N2O4/c1-17-10-3-4-11(12(9-10)18-2)13(16)14-15-5-7-19-8-6-15/h3-4,9H,5-8H2,1-2H3,(H,14,16). The Labute approximate surface area is 112 Å². The molecule has 1 aromatic rings. The zero-order valence-corrected chi connectivity index (χ0v) is 11.1. The first kappa shape index (κ1) is 13.6. The molecule has 0 aliphatic carbocycles. The van der Waals surface area contributed by atoms with Crippen LogP contribution in [-0.2, 0) is 4.74 Å². The molecule has 1 saturated heterocycles. The maximum atomic E-state index is 12.2. The maximum Gasteiger partial charge on any atom is 0.269 e. The summed E-state index contributed by atoms with van der Waals surface area (Å²) in [5, 5.41) is 1.84. The lowest BCUT2D eigenvalue weighted by Gasteiger charge is -2.27. The van der Waals surface area contributed by atoms with Crippen LogP contribution in [-0.4, -0.2) is 51.4 Å². The number of amides is 1. The molecule has 0 unspecified atom stereocenters. The van der Waals surface area contributed by atoms with Gasteiger partial charge >= 0.3 is 0 Å². The molecule has 1 N–H and O–H groups in total. The van der Waals surface area contributed by atoms with Crippen LogP contribution in [0.2, 0.25) is 0 Å². The number of rotatable bonds is 4. The summed E-state index contributed by atoms with van der Waals surface area (Å²) in [5.74, 6) is 0.950. The number of morpholine rings is 1. The number of nitrogens with one attached hydrogen (secondary N) is 1. The summed E-state index contributed by atoms with van der Waals surface area (Å²) in [6.45, 7) is 2.62. The second-order valence-electron chi connectivity index (χ2n) is 4.11. The van der Waals surface area contributed by atoms with Crippen molar-refractivity contribution in [1.82, 2.24) is 10.4 Å². The van der Waals surface area contributed by atoms with Gasteiger partial charge in [0, 0.05) is 19.2 Å². The van der Waals surface area contributed by atoms with Gasteiger partial charge in [-0.1, -0.05) is 0 Å². The number of ether oxygens (including phenoxy) is 3. The minimum absolute atomic E-state index is 0.193. The van der Waals surface area contributed by atoms with Crippen molar-refractivity contribution in [3.63, 3.8) is 0 Å². The Kier molecular flexibility index (Phi) is 4.59. The molecule has 0 saturated carbocycles. The van der Waals surface area contributed by atoms with Crippen molar-refractivity contribution < 1.29 is 19.0 Å². The minimum atomic E-state index is -0.193. The van der Waals surface area contributed by atoms with E-state index in [1.54, 1.807) is 25.3 Å². The van der Waals surface area contributed by atoms with Gasteiger partial charge in [-0.15, -0.1) is 0 Å². The highest BCUT2D eigenvalue weighted by molar-refractivity contribution is 5.96. The SMILES string of the molecule is COc1ccc(C(=O)NN2CCOCC2)c(OC)c1. The molecule has 1 amide bonds. The number of hydrogen-bond donors (Lipinski definition) is 1. The molecule has 104 valence electrons. The van der Waals surface area contributed by atoms with E-state index in [1.165, 1.54) is 7.11 Å². The Balaban J connectivity index is 2.09. The Morgan fingerprint density at radius 1 is 1.26 bits per heavy atom. The molecule has 0 bridgehead atoms. The molecule has 6 nitrogen and oxygen atoms in total. The van der Waals surface area contributed by atoms with Gasteiger partial charge in [-0.3, -0.25) is 10.2 Å². The number of methoxy groups -OCH3 is 2. The molecule has 0 spiro atoms. The van der Waals surface area contributed by atoms with E-state index in [0.29, 0.717) is 43.4 Å². The fourth-order valence-electron chi connectivity index (χ4n) is 1.87. The summed E-state index contributed by atoms with van der Waals surface area (Å²) in [6, 6.07) is 5.11. The average molecular weight is 266 g/mol. The number of benzene rings is 1. The molecule has 2 rings (SSSR count). The monoisotopic (exact) mass is 266 g/mol.